The number of benzene rings is 1. The van der Waals surface area contributed by atoms with Crippen molar-refractivity contribution in [2.24, 2.45) is 0 Å². The van der Waals surface area contributed by atoms with Gasteiger partial charge in [0.25, 0.3) is 0 Å². The molecule has 0 aliphatic heterocycles. The van der Waals surface area contributed by atoms with Gasteiger partial charge < -0.3 is 0 Å². The smallest absolute Gasteiger partial charge is 0.182 e. The first-order valence-corrected chi connectivity index (χ1v) is 7.23. The molecule has 0 amide bonds. The molecular weight excluding hydrogens is 258 g/mol. The standard InChI is InChI=1S/C13H13N5S/c1-19-13-11-12(14-9-15-13)18(17-16-11)8-7-10-5-3-2-4-6-10/h2-6,9H,7-8H2,1H3. The molecule has 0 aliphatic rings. The summed E-state index contributed by atoms with van der Waals surface area (Å²) in [5.74, 6) is 0. The highest BCUT2D eigenvalue weighted by atomic mass is 32.2. The van der Waals surface area contributed by atoms with Crippen molar-refractivity contribution in [3.8, 4) is 0 Å². The Morgan fingerprint density at radius 2 is 2.00 bits per heavy atom. The van der Waals surface area contributed by atoms with Gasteiger partial charge >= 0.3 is 0 Å². The summed E-state index contributed by atoms with van der Waals surface area (Å²) < 4.78 is 1.84. The molecule has 19 heavy (non-hydrogen) atoms. The number of hydrogen-bond acceptors (Lipinski definition) is 5. The van der Waals surface area contributed by atoms with Crippen LogP contribution in [0.3, 0.4) is 0 Å². The Bertz CT molecular complexity index is 680. The van der Waals surface area contributed by atoms with E-state index in [0.717, 1.165) is 29.2 Å². The molecule has 0 atom stereocenters. The number of hydrogen-bond donors (Lipinski definition) is 0. The average molecular weight is 271 g/mol. The topological polar surface area (TPSA) is 56.5 Å². The second kappa shape index (κ2) is 5.36. The van der Waals surface area contributed by atoms with Crippen LogP contribution in [0.1, 0.15) is 5.56 Å². The van der Waals surface area contributed by atoms with Crippen LogP contribution < -0.4 is 0 Å². The molecule has 0 saturated heterocycles. The van der Waals surface area contributed by atoms with E-state index in [-0.39, 0.29) is 0 Å². The van der Waals surface area contributed by atoms with Crippen molar-refractivity contribution in [1.82, 2.24) is 25.0 Å². The largest absolute Gasteiger partial charge is 0.227 e. The fourth-order valence-corrected chi connectivity index (χ4v) is 2.43. The first-order chi connectivity index (χ1) is 9.38. The molecule has 5 nitrogen and oxygen atoms in total. The van der Waals surface area contributed by atoms with Crippen molar-refractivity contribution in [3.05, 3.63) is 42.2 Å². The minimum absolute atomic E-state index is 0.769. The summed E-state index contributed by atoms with van der Waals surface area (Å²) in [7, 11) is 0. The molecule has 0 fully saturated rings. The van der Waals surface area contributed by atoms with Crippen LogP contribution in [0.15, 0.2) is 41.7 Å². The second-order valence-corrected chi connectivity index (χ2v) is 4.90. The molecule has 3 aromatic rings. The third-order valence-electron chi connectivity index (χ3n) is 2.92. The van der Waals surface area contributed by atoms with Gasteiger partial charge in [-0.15, -0.1) is 16.9 Å². The maximum absolute atomic E-state index is 4.28. The highest BCUT2D eigenvalue weighted by Gasteiger charge is 2.10. The number of aryl methyl sites for hydroxylation is 2. The van der Waals surface area contributed by atoms with E-state index in [0.29, 0.717) is 0 Å². The van der Waals surface area contributed by atoms with Crippen LogP contribution in [0.2, 0.25) is 0 Å². The molecule has 0 saturated carbocycles. The van der Waals surface area contributed by atoms with Crippen molar-refractivity contribution < 1.29 is 0 Å². The molecule has 2 aromatic heterocycles. The zero-order valence-electron chi connectivity index (χ0n) is 10.5. The van der Waals surface area contributed by atoms with E-state index in [2.05, 4.69) is 32.4 Å². The zero-order chi connectivity index (χ0) is 13.1. The Morgan fingerprint density at radius 3 is 2.79 bits per heavy atom. The summed E-state index contributed by atoms with van der Waals surface area (Å²) in [6, 6.07) is 10.3. The van der Waals surface area contributed by atoms with Crippen LogP contribution >= 0.6 is 11.8 Å². The Hall–Kier alpha value is -1.95. The van der Waals surface area contributed by atoms with Crippen LogP contribution in [0.5, 0.6) is 0 Å². The number of thioether (sulfide) groups is 1. The normalized spacial score (nSPS) is 11.0. The van der Waals surface area contributed by atoms with Crippen LogP contribution in [0, 0.1) is 0 Å². The van der Waals surface area contributed by atoms with Gasteiger partial charge in [-0.3, -0.25) is 0 Å². The van der Waals surface area contributed by atoms with Gasteiger partial charge in [-0.05, 0) is 18.2 Å². The molecule has 0 radical (unpaired) electrons. The van der Waals surface area contributed by atoms with Crippen molar-refractivity contribution in [2.75, 3.05) is 6.26 Å². The van der Waals surface area contributed by atoms with Crippen molar-refractivity contribution in [3.63, 3.8) is 0 Å². The minimum atomic E-state index is 0.769. The Balaban J connectivity index is 1.86. The predicted molar refractivity (Wildman–Crippen MR) is 75.0 cm³/mol. The quantitative estimate of drug-likeness (QED) is 0.538. The SMILES string of the molecule is CSc1ncnc2c1nnn2CCc1ccccc1. The Labute approximate surface area is 115 Å². The third-order valence-corrected chi connectivity index (χ3v) is 3.60. The van der Waals surface area contributed by atoms with E-state index in [1.54, 1.807) is 18.1 Å². The molecule has 0 N–H and O–H groups in total. The summed E-state index contributed by atoms with van der Waals surface area (Å²) in [4.78, 5) is 8.47. The summed E-state index contributed by atoms with van der Waals surface area (Å²) in [5, 5.41) is 9.21. The van der Waals surface area contributed by atoms with E-state index < -0.39 is 0 Å². The summed E-state index contributed by atoms with van der Waals surface area (Å²) in [6.07, 6.45) is 4.46. The lowest BCUT2D eigenvalue weighted by Crippen LogP contribution is -2.04. The van der Waals surface area contributed by atoms with Gasteiger partial charge in [0.05, 0.1) is 0 Å². The molecule has 0 unspecified atom stereocenters. The van der Waals surface area contributed by atoms with Gasteiger partial charge in [-0.1, -0.05) is 35.5 Å². The van der Waals surface area contributed by atoms with Crippen molar-refractivity contribution in [1.29, 1.82) is 0 Å². The highest BCUT2D eigenvalue weighted by Crippen LogP contribution is 2.19. The van der Waals surface area contributed by atoms with Gasteiger partial charge in [0.15, 0.2) is 11.2 Å². The lowest BCUT2D eigenvalue weighted by molar-refractivity contribution is 0.602. The molecule has 0 aliphatic carbocycles. The maximum atomic E-state index is 4.28. The first kappa shape index (κ1) is 12.1. The Morgan fingerprint density at radius 1 is 1.16 bits per heavy atom. The number of rotatable bonds is 4. The molecule has 1 aromatic carbocycles. The maximum Gasteiger partial charge on any atom is 0.182 e. The van der Waals surface area contributed by atoms with E-state index in [1.807, 2.05) is 29.1 Å². The first-order valence-electron chi connectivity index (χ1n) is 6.00. The lowest BCUT2D eigenvalue weighted by atomic mass is 10.1. The molecule has 6 heteroatoms. The fraction of sp³-hybridized carbons (Fsp3) is 0.231. The highest BCUT2D eigenvalue weighted by molar-refractivity contribution is 7.98. The molecule has 0 bridgehead atoms. The van der Waals surface area contributed by atoms with E-state index in [1.165, 1.54) is 5.56 Å². The van der Waals surface area contributed by atoms with Gasteiger partial charge in [-0.25, -0.2) is 14.6 Å². The van der Waals surface area contributed by atoms with Crippen LogP contribution in [0.4, 0.5) is 0 Å². The monoisotopic (exact) mass is 271 g/mol. The summed E-state index contributed by atoms with van der Waals surface area (Å²) >= 11 is 1.56. The van der Waals surface area contributed by atoms with Crippen molar-refractivity contribution >= 4 is 22.9 Å². The predicted octanol–water partition coefficient (Wildman–Crippen LogP) is 2.19. The van der Waals surface area contributed by atoms with E-state index in [9.17, 15) is 0 Å². The molecular formula is C13H13N5S. The van der Waals surface area contributed by atoms with Crippen LogP contribution in [0.25, 0.3) is 11.2 Å². The number of fused-ring (bicyclic) bond motifs is 1. The van der Waals surface area contributed by atoms with E-state index in [4.69, 9.17) is 0 Å². The summed E-state index contributed by atoms with van der Waals surface area (Å²) in [5.41, 5.74) is 2.86. The zero-order valence-corrected chi connectivity index (χ0v) is 11.3. The van der Waals surface area contributed by atoms with E-state index >= 15 is 0 Å². The molecule has 2 heterocycles. The lowest BCUT2D eigenvalue weighted by Gasteiger charge is -2.02. The second-order valence-electron chi connectivity index (χ2n) is 4.10. The van der Waals surface area contributed by atoms with Crippen LogP contribution in [-0.2, 0) is 13.0 Å². The Kier molecular flexibility index (Phi) is 3.41. The van der Waals surface area contributed by atoms with Crippen molar-refractivity contribution in [2.45, 2.75) is 18.0 Å². The molecule has 0 spiro atoms. The van der Waals surface area contributed by atoms with Gasteiger partial charge in [0.2, 0.25) is 0 Å². The van der Waals surface area contributed by atoms with Crippen LogP contribution in [-0.4, -0.2) is 31.2 Å². The molecule has 96 valence electrons. The number of nitrogens with zero attached hydrogens (tertiary/aromatic N) is 5. The third kappa shape index (κ3) is 2.44. The molecule has 3 rings (SSSR count). The average Bonchev–Trinajstić information content (AvgIpc) is 2.89. The van der Waals surface area contributed by atoms with Gasteiger partial charge in [0.1, 0.15) is 11.4 Å². The number of aromatic nitrogens is 5. The van der Waals surface area contributed by atoms with Gasteiger partial charge in [0, 0.05) is 6.54 Å². The van der Waals surface area contributed by atoms with Gasteiger partial charge in [-0.2, -0.15) is 0 Å². The minimum Gasteiger partial charge on any atom is -0.227 e. The summed E-state index contributed by atoms with van der Waals surface area (Å²) in [6.45, 7) is 0.769. The fourth-order valence-electron chi connectivity index (χ4n) is 1.95.